The fourth-order valence-electron chi connectivity index (χ4n) is 3.28. The molecular weight excluding hydrogens is 457 g/mol. The molecule has 0 aliphatic carbocycles. The second kappa shape index (κ2) is 12.9. The Labute approximate surface area is 180 Å². The van der Waals surface area contributed by atoms with Crippen LogP contribution in [0.1, 0.15) is 18.7 Å². The molecule has 1 atom stereocenters. The van der Waals surface area contributed by atoms with Crippen molar-refractivity contribution in [1.29, 1.82) is 0 Å². The van der Waals surface area contributed by atoms with Gasteiger partial charge in [0, 0.05) is 64.8 Å². The van der Waals surface area contributed by atoms with E-state index in [9.17, 15) is 0 Å². The largest absolute Gasteiger partial charge is 0.356 e. The Hall–Kier alpha value is -0.380. The Morgan fingerprint density at radius 1 is 1.31 bits per heavy atom. The minimum atomic E-state index is 0. The predicted octanol–water partition coefficient (Wildman–Crippen LogP) is 2.69. The van der Waals surface area contributed by atoms with E-state index in [-0.39, 0.29) is 24.0 Å². The van der Waals surface area contributed by atoms with Crippen LogP contribution in [0.3, 0.4) is 0 Å². The number of nitrogens with zero attached hydrogens (tertiary/aromatic N) is 4. The number of likely N-dealkylation sites (N-methyl/N-ethyl adjacent to an activating group) is 2. The summed E-state index contributed by atoms with van der Waals surface area (Å²) in [5.41, 5.74) is 0. The van der Waals surface area contributed by atoms with Gasteiger partial charge in [-0.05, 0) is 30.3 Å². The zero-order valence-corrected chi connectivity index (χ0v) is 19.9. The van der Waals surface area contributed by atoms with Gasteiger partial charge < -0.3 is 20.0 Å². The molecular formula is C19H36IN5S. The van der Waals surface area contributed by atoms with Gasteiger partial charge in [0.2, 0.25) is 0 Å². The molecule has 0 radical (unpaired) electrons. The van der Waals surface area contributed by atoms with Gasteiger partial charge in [0.05, 0.1) is 0 Å². The average molecular weight is 494 g/mol. The zero-order valence-electron chi connectivity index (χ0n) is 16.8. The maximum Gasteiger partial charge on any atom is 0.193 e. The Morgan fingerprint density at radius 2 is 2.00 bits per heavy atom. The Morgan fingerprint density at radius 3 is 2.58 bits per heavy atom. The minimum Gasteiger partial charge on any atom is -0.356 e. The van der Waals surface area contributed by atoms with Crippen molar-refractivity contribution in [1.82, 2.24) is 20.0 Å². The van der Waals surface area contributed by atoms with Crippen molar-refractivity contribution in [3.05, 3.63) is 22.4 Å². The number of halogens is 1. The van der Waals surface area contributed by atoms with Crippen LogP contribution in [0.5, 0.6) is 0 Å². The molecule has 5 nitrogen and oxygen atoms in total. The number of thiophene rings is 1. The van der Waals surface area contributed by atoms with Crippen LogP contribution in [-0.4, -0.2) is 87.1 Å². The highest BCUT2D eigenvalue weighted by atomic mass is 127. The van der Waals surface area contributed by atoms with Crippen molar-refractivity contribution >= 4 is 41.3 Å². The third-order valence-electron chi connectivity index (χ3n) is 4.94. The van der Waals surface area contributed by atoms with Gasteiger partial charge in [0.1, 0.15) is 0 Å². The van der Waals surface area contributed by atoms with Crippen molar-refractivity contribution in [2.45, 2.75) is 20.3 Å². The molecule has 0 aromatic carbocycles. The van der Waals surface area contributed by atoms with Gasteiger partial charge in [-0.15, -0.1) is 35.3 Å². The first-order valence-electron chi connectivity index (χ1n) is 9.51. The first-order chi connectivity index (χ1) is 12.1. The summed E-state index contributed by atoms with van der Waals surface area (Å²) in [6.45, 7) is 13.7. The maximum atomic E-state index is 4.44. The van der Waals surface area contributed by atoms with E-state index in [2.05, 4.69) is 63.4 Å². The number of rotatable bonds is 8. The summed E-state index contributed by atoms with van der Waals surface area (Å²) in [6, 6.07) is 4.32. The van der Waals surface area contributed by atoms with Gasteiger partial charge in [-0.2, -0.15) is 0 Å². The lowest BCUT2D eigenvalue weighted by Crippen LogP contribution is -2.48. The summed E-state index contributed by atoms with van der Waals surface area (Å²) in [5, 5.41) is 5.69. The Balaban J connectivity index is 0.00000338. The molecule has 0 amide bonds. The van der Waals surface area contributed by atoms with Crippen molar-refractivity contribution in [3.63, 3.8) is 0 Å². The van der Waals surface area contributed by atoms with E-state index in [1.165, 1.54) is 44.1 Å². The molecule has 1 N–H and O–H groups in total. The first-order valence-corrected chi connectivity index (χ1v) is 10.4. The summed E-state index contributed by atoms with van der Waals surface area (Å²) in [7, 11) is 4.00. The molecule has 0 saturated carbocycles. The van der Waals surface area contributed by atoms with E-state index < -0.39 is 0 Å². The number of nitrogens with one attached hydrogen (secondary N) is 1. The molecule has 1 aliphatic rings. The highest BCUT2D eigenvalue weighted by Crippen LogP contribution is 2.09. The minimum absolute atomic E-state index is 0. The molecule has 7 heteroatoms. The zero-order chi connectivity index (χ0) is 18.1. The van der Waals surface area contributed by atoms with Gasteiger partial charge in [0.15, 0.2) is 5.96 Å². The van der Waals surface area contributed by atoms with Crippen LogP contribution in [0.15, 0.2) is 22.5 Å². The lowest BCUT2D eigenvalue weighted by atomic mass is 10.1. The first kappa shape index (κ1) is 23.7. The van der Waals surface area contributed by atoms with Gasteiger partial charge in [0.25, 0.3) is 0 Å². The number of aliphatic imine (C=N–C) groups is 1. The standard InChI is InChI=1S/C19H35N5S.HI/c1-5-23-10-12-24(13-11-23)16-17(2)15-21-19(20-3)22(4)9-8-18-7-6-14-25-18;/h6-7,14,17H,5,8-13,15-16H2,1-4H3,(H,20,21);1H. The predicted molar refractivity (Wildman–Crippen MR) is 125 cm³/mol. The molecule has 0 spiro atoms. The molecule has 150 valence electrons. The van der Waals surface area contributed by atoms with Crippen LogP contribution in [-0.2, 0) is 6.42 Å². The molecule has 0 bridgehead atoms. The number of hydrogen-bond acceptors (Lipinski definition) is 4. The van der Waals surface area contributed by atoms with E-state index in [1.54, 1.807) is 0 Å². The molecule has 2 heterocycles. The summed E-state index contributed by atoms with van der Waals surface area (Å²) in [5.74, 6) is 1.62. The maximum absolute atomic E-state index is 4.44. The van der Waals surface area contributed by atoms with Crippen molar-refractivity contribution in [3.8, 4) is 0 Å². The van der Waals surface area contributed by atoms with Crippen molar-refractivity contribution in [2.24, 2.45) is 10.9 Å². The SMILES string of the molecule is CCN1CCN(CC(C)CNC(=NC)N(C)CCc2cccs2)CC1.I. The monoisotopic (exact) mass is 493 g/mol. The van der Waals surface area contributed by atoms with Gasteiger partial charge in [-0.1, -0.05) is 19.9 Å². The second-order valence-corrected chi connectivity index (χ2v) is 8.05. The quantitative estimate of drug-likeness (QED) is 0.343. The van der Waals surface area contributed by atoms with Gasteiger partial charge >= 0.3 is 0 Å². The molecule has 1 saturated heterocycles. The highest BCUT2D eigenvalue weighted by molar-refractivity contribution is 14.0. The normalized spacial score (nSPS) is 17.6. The second-order valence-electron chi connectivity index (χ2n) is 7.02. The van der Waals surface area contributed by atoms with Gasteiger partial charge in [-0.3, -0.25) is 4.99 Å². The van der Waals surface area contributed by atoms with Crippen LogP contribution >= 0.6 is 35.3 Å². The number of piperazine rings is 1. The molecule has 1 aliphatic heterocycles. The van der Waals surface area contributed by atoms with Crippen LogP contribution in [0.4, 0.5) is 0 Å². The van der Waals surface area contributed by atoms with E-state index in [0.717, 1.165) is 25.5 Å². The highest BCUT2D eigenvalue weighted by Gasteiger charge is 2.17. The summed E-state index contributed by atoms with van der Waals surface area (Å²) >= 11 is 1.83. The molecule has 2 rings (SSSR count). The van der Waals surface area contributed by atoms with Crippen LogP contribution in [0, 0.1) is 5.92 Å². The molecule has 1 aromatic heterocycles. The lowest BCUT2D eigenvalue weighted by Gasteiger charge is -2.35. The molecule has 1 fully saturated rings. The van der Waals surface area contributed by atoms with Crippen LogP contribution in [0.2, 0.25) is 0 Å². The summed E-state index contributed by atoms with van der Waals surface area (Å²) in [6.07, 6.45) is 1.08. The number of guanidine groups is 1. The fourth-order valence-corrected chi connectivity index (χ4v) is 3.98. The molecule has 1 aromatic rings. The van der Waals surface area contributed by atoms with E-state index >= 15 is 0 Å². The van der Waals surface area contributed by atoms with Crippen molar-refractivity contribution < 1.29 is 0 Å². The molecule has 1 unspecified atom stereocenters. The lowest BCUT2D eigenvalue weighted by molar-refractivity contribution is 0.124. The van der Waals surface area contributed by atoms with Gasteiger partial charge in [-0.25, -0.2) is 0 Å². The van der Waals surface area contributed by atoms with E-state index in [1.807, 2.05) is 18.4 Å². The average Bonchev–Trinajstić information content (AvgIpc) is 3.14. The Bertz CT molecular complexity index is 500. The number of hydrogen-bond donors (Lipinski definition) is 1. The third-order valence-corrected chi connectivity index (χ3v) is 5.87. The third kappa shape index (κ3) is 8.10. The smallest absolute Gasteiger partial charge is 0.193 e. The van der Waals surface area contributed by atoms with Crippen molar-refractivity contribution in [2.75, 3.05) is 66.5 Å². The van der Waals surface area contributed by atoms with E-state index in [0.29, 0.717) is 5.92 Å². The van der Waals surface area contributed by atoms with Crippen LogP contribution in [0.25, 0.3) is 0 Å². The van der Waals surface area contributed by atoms with Crippen LogP contribution < -0.4 is 5.32 Å². The summed E-state index contributed by atoms with van der Waals surface area (Å²) in [4.78, 5) is 13.2. The summed E-state index contributed by atoms with van der Waals surface area (Å²) < 4.78 is 0. The molecule has 26 heavy (non-hydrogen) atoms. The van der Waals surface area contributed by atoms with E-state index in [4.69, 9.17) is 0 Å². The topological polar surface area (TPSA) is 34.1 Å². The fraction of sp³-hybridized carbons (Fsp3) is 0.737. The Kier molecular flexibility index (Phi) is 11.7.